The molecule has 1 unspecified atom stereocenters. The zero-order valence-electron chi connectivity index (χ0n) is 23.7. The number of sulfonamides is 1. The Bertz CT molecular complexity index is 1260. The minimum Gasteiger partial charge on any atom is -0.390 e. The van der Waals surface area contributed by atoms with Crippen LogP contribution in [-0.2, 0) is 16.4 Å². The number of hydrogen-bond donors (Lipinski definition) is 3. The summed E-state index contributed by atoms with van der Waals surface area (Å²) in [6.07, 6.45) is 2.83. The summed E-state index contributed by atoms with van der Waals surface area (Å²) in [7, 11) is -3.43. The minimum absolute atomic E-state index is 0.0807. The van der Waals surface area contributed by atoms with Crippen LogP contribution in [0.3, 0.4) is 0 Å². The standard InChI is InChI=1S/C32H42N4O4S/c1-41(39,40)36(22-19-26-11-5-2-6-12-26)25-30(37)24-35-20-17-27(18-21-35)23-33-32(38)34-31(28-13-7-3-8-14-28)29-15-9-4-10-16-29/h2-16,27,30-31,37H,17-25H2,1H3,(H2,33,34,38). The van der Waals surface area contributed by atoms with Gasteiger partial charge in [-0.1, -0.05) is 91.0 Å². The number of nitrogens with one attached hydrogen (secondary N) is 2. The van der Waals surface area contributed by atoms with Crippen molar-refractivity contribution in [3.8, 4) is 0 Å². The minimum atomic E-state index is -3.43. The van der Waals surface area contributed by atoms with Crippen LogP contribution >= 0.6 is 0 Å². The first-order chi connectivity index (χ1) is 19.8. The van der Waals surface area contributed by atoms with Crippen molar-refractivity contribution in [3.05, 3.63) is 108 Å². The van der Waals surface area contributed by atoms with Gasteiger partial charge in [0.25, 0.3) is 0 Å². The van der Waals surface area contributed by atoms with Gasteiger partial charge in [-0.15, -0.1) is 0 Å². The van der Waals surface area contributed by atoms with Crippen molar-refractivity contribution < 1.29 is 18.3 Å². The van der Waals surface area contributed by atoms with Crippen molar-refractivity contribution in [2.75, 3.05) is 45.5 Å². The van der Waals surface area contributed by atoms with Gasteiger partial charge in [-0.05, 0) is 55.0 Å². The summed E-state index contributed by atoms with van der Waals surface area (Å²) < 4.78 is 26.1. The van der Waals surface area contributed by atoms with Gasteiger partial charge < -0.3 is 20.6 Å². The summed E-state index contributed by atoms with van der Waals surface area (Å²) in [5.74, 6) is 0.347. The number of rotatable bonds is 13. The maximum absolute atomic E-state index is 12.9. The summed E-state index contributed by atoms with van der Waals surface area (Å²) in [5, 5.41) is 16.9. The average Bonchev–Trinajstić information content (AvgIpc) is 2.98. The Kier molecular flexibility index (Phi) is 11.3. The number of β-amino-alcohol motifs (C(OH)–C–C–N with tert-alkyl or cyclic N) is 1. The molecule has 1 atom stereocenters. The first kappa shape index (κ1) is 30.7. The van der Waals surface area contributed by atoms with E-state index in [1.165, 1.54) is 10.6 Å². The van der Waals surface area contributed by atoms with Crippen molar-refractivity contribution >= 4 is 16.1 Å². The number of aliphatic hydroxyl groups is 1. The van der Waals surface area contributed by atoms with E-state index in [1.54, 1.807) is 0 Å². The molecule has 1 saturated heterocycles. The second-order valence-electron chi connectivity index (χ2n) is 10.9. The van der Waals surface area contributed by atoms with E-state index in [9.17, 15) is 18.3 Å². The lowest BCUT2D eigenvalue weighted by Crippen LogP contribution is -2.46. The fourth-order valence-electron chi connectivity index (χ4n) is 5.32. The van der Waals surface area contributed by atoms with Crippen LogP contribution < -0.4 is 10.6 Å². The molecule has 8 nitrogen and oxygen atoms in total. The lowest BCUT2D eigenvalue weighted by atomic mass is 9.96. The van der Waals surface area contributed by atoms with Crippen LogP contribution in [0.5, 0.6) is 0 Å². The van der Waals surface area contributed by atoms with Gasteiger partial charge in [0.2, 0.25) is 10.0 Å². The largest absolute Gasteiger partial charge is 0.390 e. The summed E-state index contributed by atoms with van der Waals surface area (Å²) in [4.78, 5) is 15.0. The monoisotopic (exact) mass is 578 g/mol. The fourth-order valence-corrected chi connectivity index (χ4v) is 6.19. The number of aliphatic hydroxyl groups excluding tert-OH is 1. The molecule has 0 spiro atoms. The summed E-state index contributed by atoms with van der Waals surface area (Å²) in [6.45, 7) is 3.02. The molecule has 2 amide bonds. The molecule has 1 aliphatic heterocycles. The lowest BCUT2D eigenvalue weighted by molar-refractivity contribution is 0.0767. The number of carbonyl (C=O) groups excluding carboxylic acids is 1. The second-order valence-corrected chi connectivity index (χ2v) is 12.8. The van der Waals surface area contributed by atoms with E-state index in [-0.39, 0.29) is 18.6 Å². The van der Waals surface area contributed by atoms with Gasteiger partial charge >= 0.3 is 6.03 Å². The zero-order chi connectivity index (χ0) is 29.1. The highest BCUT2D eigenvalue weighted by Crippen LogP contribution is 2.22. The van der Waals surface area contributed by atoms with Crippen LogP contribution in [0.4, 0.5) is 4.79 Å². The zero-order valence-corrected chi connectivity index (χ0v) is 24.5. The number of hydrogen-bond acceptors (Lipinski definition) is 5. The van der Waals surface area contributed by atoms with E-state index in [0.29, 0.717) is 32.0 Å². The molecule has 0 radical (unpaired) electrons. The first-order valence-electron chi connectivity index (χ1n) is 14.3. The molecule has 3 aromatic carbocycles. The van der Waals surface area contributed by atoms with Gasteiger partial charge in [0.05, 0.1) is 18.4 Å². The van der Waals surface area contributed by atoms with E-state index in [0.717, 1.165) is 42.6 Å². The highest BCUT2D eigenvalue weighted by atomic mass is 32.2. The van der Waals surface area contributed by atoms with E-state index in [4.69, 9.17) is 0 Å². The summed E-state index contributed by atoms with van der Waals surface area (Å²) in [5.41, 5.74) is 3.11. The van der Waals surface area contributed by atoms with E-state index >= 15 is 0 Å². The maximum Gasteiger partial charge on any atom is 0.315 e. The third-order valence-corrected chi connectivity index (χ3v) is 8.91. The molecule has 0 bridgehead atoms. The fraction of sp³-hybridized carbons (Fsp3) is 0.406. The normalized spacial score (nSPS) is 15.6. The number of likely N-dealkylation sites (tertiary alicyclic amines) is 1. The predicted molar refractivity (Wildman–Crippen MR) is 163 cm³/mol. The highest BCUT2D eigenvalue weighted by molar-refractivity contribution is 7.88. The molecule has 3 aromatic rings. The molecule has 0 saturated carbocycles. The van der Waals surface area contributed by atoms with Crippen molar-refractivity contribution in [2.24, 2.45) is 5.92 Å². The second kappa shape index (κ2) is 15.1. The Balaban J connectivity index is 1.20. The average molecular weight is 579 g/mol. The molecule has 220 valence electrons. The lowest BCUT2D eigenvalue weighted by Gasteiger charge is -2.34. The molecule has 1 fully saturated rings. The van der Waals surface area contributed by atoms with Crippen molar-refractivity contribution in [3.63, 3.8) is 0 Å². The van der Waals surface area contributed by atoms with E-state index in [2.05, 4.69) is 15.5 Å². The van der Waals surface area contributed by atoms with Gasteiger partial charge in [0, 0.05) is 26.2 Å². The third-order valence-electron chi connectivity index (χ3n) is 7.64. The predicted octanol–water partition coefficient (Wildman–Crippen LogP) is 3.65. The molecule has 4 rings (SSSR count). The Hall–Kier alpha value is -3.24. The maximum atomic E-state index is 12.9. The van der Waals surface area contributed by atoms with Gasteiger partial charge in [-0.3, -0.25) is 0 Å². The van der Waals surface area contributed by atoms with Crippen LogP contribution in [0.2, 0.25) is 0 Å². The van der Waals surface area contributed by atoms with Crippen LogP contribution in [0.1, 0.15) is 35.6 Å². The molecular weight excluding hydrogens is 536 g/mol. The molecule has 0 aromatic heterocycles. The smallest absolute Gasteiger partial charge is 0.315 e. The summed E-state index contributed by atoms with van der Waals surface area (Å²) >= 11 is 0. The first-order valence-corrected chi connectivity index (χ1v) is 16.2. The van der Waals surface area contributed by atoms with Gasteiger partial charge in [0.15, 0.2) is 0 Å². The van der Waals surface area contributed by atoms with Gasteiger partial charge in [-0.25, -0.2) is 13.2 Å². The van der Waals surface area contributed by atoms with Crippen LogP contribution in [0.25, 0.3) is 0 Å². The highest BCUT2D eigenvalue weighted by Gasteiger charge is 2.25. The van der Waals surface area contributed by atoms with Crippen LogP contribution in [-0.4, -0.2) is 80.4 Å². The van der Waals surface area contributed by atoms with E-state index < -0.39 is 16.1 Å². The Labute approximate surface area is 244 Å². The number of amides is 2. The van der Waals surface area contributed by atoms with Crippen molar-refractivity contribution in [2.45, 2.75) is 31.4 Å². The third kappa shape index (κ3) is 9.97. The van der Waals surface area contributed by atoms with E-state index in [1.807, 2.05) is 91.0 Å². The Morgan fingerprint density at radius 3 is 2.00 bits per heavy atom. The molecule has 9 heteroatoms. The van der Waals surface area contributed by atoms with Crippen LogP contribution in [0, 0.1) is 5.92 Å². The van der Waals surface area contributed by atoms with Crippen molar-refractivity contribution in [1.82, 2.24) is 19.8 Å². The summed E-state index contributed by atoms with van der Waals surface area (Å²) in [6, 6.07) is 29.2. The van der Waals surface area contributed by atoms with Crippen molar-refractivity contribution in [1.29, 1.82) is 0 Å². The molecule has 0 aliphatic carbocycles. The Morgan fingerprint density at radius 2 is 1.46 bits per heavy atom. The SMILES string of the molecule is CS(=O)(=O)N(CCc1ccccc1)CC(O)CN1CCC(CNC(=O)NC(c2ccccc2)c2ccccc2)CC1. The number of piperidine rings is 1. The number of urea groups is 1. The number of nitrogens with zero attached hydrogens (tertiary/aromatic N) is 2. The number of benzene rings is 3. The van der Waals surface area contributed by atoms with Crippen LogP contribution in [0.15, 0.2) is 91.0 Å². The quantitative estimate of drug-likeness (QED) is 0.288. The Morgan fingerprint density at radius 1 is 0.927 bits per heavy atom. The number of carbonyl (C=O) groups is 1. The molecule has 1 aliphatic rings. The van der Waals surface area contributed by atoms with Gasteiger partial charge in [-0.2, -0.15) is 4.31 Å². The van der Waals surface area contributed by atoms with Gasteiger partial charge in [0.1, 0.15) is 0 Å². The molecular formula is C32H42N4O4S. The molecule has 3 N–H and O–H groups in total. The topological polar surface area (TPSA) is 102 Å². The molecule has 41 heavy (non-hydrogen) atoms. The molecule has 1 heterocycles.